The van der Waals surface area contributed by atoms with E-state index >= 15 is 0 Å². The number of carbonyl (C=O) groups is 2. The summed E-state index contributed by atoms with van der Waals surface area (Å²) in [5, 5.41) is 13.6. The van der Waals surface area contributed by atoms with Crippen molar-refractivity contribution in [3.63, 3.8) is 0 Å². The lowest BCUT2D eigenvalue weighted by molar-refractivity contribution is -0.384. The van der Waals surface area contributed by atoms with Crippen LogP contribution in [0, 0.1) is 10.1 Å². The molecule has 8 nitrogen and oxygen atoms in total. The zero-order chi connectivity index (χ0) is 20.0. The molecule has 1 aromatic heterocycles. The summed E-state index contributed by atoms with van der Waals surface area (Å²) in [5.41, 5.74) is 0.334. The number of benzene rings is 1. The summed E-state index contributed by atoms with van der Waals surface area (Å²) >= 11 is 11.6. The Morgan fingerprint density at radius 2 is 2.07 bits per heavy atom. The number of non-ortho nitro benzene ring substituents is 1. The number of hydrogen-bond donors (Lipinski definition) is 1. The van der Waals surface area contributed by atoms with Crippen molar-refractivity contribution in [2.24, 2.45) is 0 Å². The number of hydrogen-bond acceptors (Lipinski definition) is 6. The molecule has 10 heteroatoms. The van der Waals surface area contributed by atoms with Gasteiger partial charge >= 0.3 is 5.97 Å². The van der Waals surface area contributed by atoms with Crippen LogP contribution in [0.3, 0.4) is 0 Å². The quantitative estimate of drug-likeness (QED) is 0.335. The standard InChI is InChI=1S/C17H13Cl2N3O5/c1-10(17(24)21-16-14(19)8-12(18)9-20-16)27-15(23)6-5-11-3-2-4-13(7-11)22(25)26/h2-10H,1H3,(H,20,21,24)/b6-5+. The first-order valence-corrected chi connectivity index (χ1v) is 8.27. The van der Waals surface area contributed by atoms with Crippen LogP contribution in [0.4, 0.5) is 11.5 Å². The number of amides is 1. The zero-order valence-corrected chi connectivity index (χ0v) is 15.4. The summed E-state index contributed by atoms with van der Waals surface area (Å²) < 4.78 is 4.98. The van der Waals surface area contributed by atoms with E-state index in [1.807, 2.05) is 0 Å². The molecule has 0 aliphatic carbocycles. The van der Waals surface area contributed by atoms with Gasteiger partial charge in [-0.15, -0.1) is 0 Å². The normalized spacial score (nSPS) is 11.8. The molecule has 1 N–H and O–H groups in total. The summed E-state index contributed by atoms with van der Waals surface area (Å²) in [4.78, 5) is 37.9. The van der Waals surface area contributed by atoms with Gasteiger partial charge in [0.15, 0.2) is 11.9 Å². The molecule has 2 rings (SSSR count). The molecule has 0 aliphatic rings. The fourth-order valence-corrected chi connectivity index (χ4v) is 2.33. The Morgan fingerprint density at radius 3 is 2.74 bits per heavy atom. The minimum atomic E-state index is -1.12. The highest BCUT2D eigenvalue weighted by Crippen LogP contribution is 2.22. The number of nitrogens with one attached hydrogen (secondary N) is 1. The first kappa shape index (κ1) is 20.3. The Hall–Kier alpha value is -2.97. The van der Waals surface area contributed by atoms with Gasteiger partial charge in [-0.05, 0) is 24.6 Å². The summed E-state index contributed by atoms with van der Waals surface area (Å²) in [6, 6.07) is 7.11. The topological polar surface area (TPSA) is 111 Å². The maximum absolute atomic E-state index is 12.1. The molecule has 1 atom stereocenters. The Kier molecular flexibility index (Phi) is 6.86. The van der Waals surface area contributed by atoms with Crippen molar-refractivity contribution in [1.82, 2.24) is 4.98 Å². The zero-order valence-electron chi connectivity index (χ0n) is 13.9. The Bertz CT molecular complexity index is 917. The molecule has 1 aromatic carbocycles. The number of carbonyl (C=O) groups excluding carboxylic acids is 2. The van der Waals surface area contributed by atoms with Crippen molar-refractivity contribution in [3.05, 3.63) is 68.3 Å². The Labute approximate surface area is 163 Å². The molecule has 0 spiro atoms. The lowest BCUT2D eigenvalue weighted by Crippen LogP contribution is -2.29. The van der Waals surface area contributed by atoms with Crippen LogP contribution in [0.5, 0.6) is 0 Å². The molecule has 0 radical (unpaired) electrons. The molecule has 0 fully saturated rings. The SMILES string of the molecule is CC(OC(=O)/C=C/c1cccc([N+](=O)[O-])c1)C(=O)Nc1ncc(Cl)cc1Cl. The van der Waals surface area contributed by atoms with Crippen molar-refractivity contribution >= 4 is 52.7 Å². The summed E-state index contributed by atoms with van der Waals surface area (Å²) in [7, 11) is 0. The largest absolute Gasteiger partial charge is 0.449 e. The maximum Gasteiger partial charge on any atom is 0.331 e. The van der Waals surface area contributed by atoms with Crippen molar-refractivity contribution in [2.45, 2.75) is 13.0 Å². The second-order valence-electron chi connectivity index (χ2n) is 5.24. The second-order valence-corrected chi connectivity index (χ2v) is 6.08. The molecular weight excluding hydrogens is 397 g/mol. The number of nitro benzene ring substituents is 1. The molecule has 0 bridgehead atoms. The molecule has 0 aliphatic heterocycles. The Balaban J connectivity index is 1.95. The molecular formula is C17H13Cl2N3O5. The van der Waals surface area contributed by atoms with Gasteiger partial charge in [-0.25, -0.2) is 9.78 Å². The minimum Gasteiger partial charge on any atom is -0.449 e. The van der Waals surface area contributed by atoms with Crippen molar-refractivity contribution in [1.29, 1.82) is 0 Å². The van der Waals surface area contributed by atoms with Crippen LogP contribution in [0.15, 0.2) is 42.6 Å². The lowest BCUT2D eigenvalue weighted by Gasteiger charge is -2.12. The first-order valence-electron chi connectivity index (χ1n) is 7.51. The molecule has 1 amide bonds. The van der Waals surface area contributed by atoms with Crippen LogP contribution >= 0.6 is 23.2 Å². The number of anilines is 1. The number of aromatic nitrogens is 1. The van der Waals surface area contributed by atoms with E-state index in [0.717, 1.165) is 6.08 Å². The van der Waals surface area contributed by atoms with Crippen molar-refractivity contribution in [3.8, 4) is 0 Å². The third-order valence-corrected chi connectivity index (χ3v) is 3.70. The number of pyridine rings is 1. The van der Waals surface area contributed by atoms with Gasteiger partial charge in [0.25, 0.3) is 11.6 Å². The number of rotatable bonds is 6. The number of halogens is 2. The third-order valence-electron chi connectivity index (χ3n) is 3.20. The number of esters is 1. The number of nitro groups is 1. The van der Waals surface area contributed by atoms with E-state index in [4.69, 9.17) is 27.9 Å². The third kappa shape index (κ3) is 6.05. The minimum absolute atomic E-state index is 0.0844. The smallest absolute Gasteiger partial charge is 0.331 e. The van der Waals surface area contributed by atoms with Crippen LogP contribution in [0.2, 0.25) is 10.0 Å². The van der Waals surface area contributed by atoms with Gasteiger partial charge in [-0.1, -0.05) is 35.3 Å². The van der Waals surface area contributed by atoms with Crippen molar-refractivity contribution < 1.29 is 19.2 Å². The predicted molar refractivity (Wildman–Crippen MR) is 101 cm³/mol. The molecule has 0 saturated carbocycles. The van der Waals surface area contributed by atoms with Gasteiger partial charge in [-0.3, -0.25) is 14.9 Å². The van der Waals surface area contributed by atoms with Gasteiger partial charge in [0.2, 0.25) is 0 Å². The average molecular weight is 410 g/mol. The fourth-order valence-electron chi connectivity index (χ4n) is 1.90. The molecule has 1 unspecified atom stereocenters. The molecule has 1 heterocycles. The maximum atomic E-state index is 12.1. The first-order chi connectivity index (χ1) is 12.8. The van der Waals surface area contributed by atoms with Gasteiger partial charge in [0.1, 0.15) is 0 Å². The lowest BCUT2D eigenvalue weighted by atomic mass is 10.2. The van der Waals surface area contributed by atoms with E-state index < -0.39 is 22.9 Å². The van der Waals surface area contributed by atoms with Crippen LogP contribution in [0.25, 0.3) is 6.08 Å². The van der Waals surface area contributed by atoms with E-state index in [1.54, 1.807) is 6.07 Å². The van der Waals surface area contributed by atoms with Gasteiger partial charge in [0.05, 0.1) is 15.0 Å². The van der Waals surface area contributed by atoms with E-state index in [9.17, 15) is 19.7 Å². The monoisotopic (exact) mass is 409 g/mol. The second kappa shape index (κ2) is 9.11. The fraction of sp³-hybridized carbons (Fsp3) is 0.118. The van der Waals surface area contributed by atoms with Gasteiger partial charge in [0, 0.05) is 24.4 Å². The van der Waals surface area contributed by atoms with Crippen LogP contribution in [-0.2, 0) is 14.3 Å². The van der Waals surface area contributed by atoms with E-state index in [1.165, 1.54) is 43.5 Å². The molecule has 140 valence electrons. The van der Waals surface area contributed by atoms with Gasteiger partial charge < -0.3 is 10.1 Å². The Morgan fingerprint density at radius 1 is 1.33 bits per heavy atom. The molecule has 0 saturated heterocycles. The van der Waals surface area contributed by atoms with E-state index in [-0.39, 0.29) is 16.5 Å². The van der Waals surface area contributed by atoms with Crippen LogP contribution in [0.1, 0.15) is 12.5 Å². The van der Waals surface area contributed by atoms with Gasteiger partial charge in [-0.2, -0.15) is 0 Å². The predicted octanol–water partition coefficient (Wildman–Crippen LogP) is 3.88. The molecule has 2 aromatic rings. The highest BCUT2D eigenvalue weighted by Gasteiger charge is 2.18. The summed E-state index contributed by atoms with van der Waals surface area (Å²) in [6.07, 6.45) is 2.59. The summed E-state index contributed by atoms with van der Waals surface area (Å²) in [5.74, 6) is -1.34. The van der Waals surface area contributed by atoms with Crippen LogP contribution in [-0.4, -0.2) is 27.9 Å². The number of ether oxygens (including phenoxy) is 1. The highest BCUT2D eigenvalue weighted by molar-refractivity contribution is 6.36. The van der Waals surface area contributed by atoms with E-state index in [0.29, 0.717) is 10.6 Å². The van der Waals surface area contributed by atoms with E-state index in [2.05, 4.69) is 10.3 Å². The van der Waals surface area contributed by atoms with Crippen molar-refractivity contribution in [2.75, 3.05) is 5.32 Å². The number of nitrogens with zero attached hydrogens (tertiary/aromatic N) is 2. The summed E-state index contributed by atoms with van der Waals surface area (Å²) in [6.45, 7) is 1.37. The highest BCUT2D eigenvalue weighted by atomic mass is 35.5. The molecule has 27 heavy (non-hydrogen) atoms. The van der Waals surface area contributed by atoms with Crippen LogP contribution < -0.4 is 5.32 Å². The average Bonchev–Trinajstić information content (AvgIpc) is 2.62.